The number of hydrogen-bond donors (Lipinski definition) is 1. The molecule has 0 bridgehead atoms. The molecule has 0 unspecified atom stereocenters. The maximum absolute atomic E-state index is 12.1. The van der Waals surface area contributed by atoms with E-state index < -0.39 is 5.97 Å². The van der Waals surface area contributed by atoms with Crippen molar-refractivity contribution >= 4 is 32.9 Å². The van der Waals surface area contributed by atoms with Crippen molar-refractivity contribution in [3.8, 4) is 11.1 Å². The van der Waals surface area contributed by atoms with Crippen molar-refractivity contribution in [2.75, 3.05) is 7.11 Å². The molecule has 0 amide bonds. The van der Waals surface area contributed by atoms with Gasteiger partial charge in [0.2, 0.25) is 0 Å². The van der Waals surface area contributed by atoms with Crippen LogP contribution in [0.2, 0.25) is 0 Å². The zero-order chi connectivity index (χ0) is 16.0. The van der Waals surface area contributed by atoms with E-state index >= 15 is 0 Å². The average molecular weight is 372 g/mol. The Morgan fingerprint density at radius 2 is 2.22 bits per heavy atom. The summed E-state index contributed by atoms with van der Waals surface area (Å²) in [5.74, 6) is 0.0692. The highest BCUT2D eigenvalue weighted by Crippen LogP contribution is 2.46. The molecule has 116 valence electrons. The van der Waals surface area contributed by atoms with Crippen molar-refractivity contribution < 1.29 is 9.53 Å². The summed E-state index contributed by atoms with van der Waals surface area (Å²) in [5, 5.41) is 7.68. The van der Waals surface area contributed by atoms with Crippen molar-refractivity contribution in [1.29, 1.82) is 0 Å². The molecule has 3 aromatic rings. The number of carbonyl (C=O) groups is 1. The average Bonchev–Trinajstić information content (AvgIpc) is 3.32. The van der Waals surface area contributed by atoms with E-state index in [0.29, 0.717) is 17.3 Å². The van der Waals surface area contributed by atoms with Gasteiger partial charge in [0.15, 0.2) is 11.3 Å². The first-order valence-corrected chi connectivity index (χ1v) is 8.19. The quantitative estimate of drug-likeness (QED) is 0.705. The topological polar surface area (TPSA) is 67.9 Å². The Bertz CT molecular complexity index is 915. The molecule has 1 aliphatic rings. The van der Waals surface area contributed by atoms with Crippen LogP contribution in [0.5, 0.6) is 0 Å². The zero-order valence-electron chi connectivity index (χ0n) is 12.5. The van der Waals surface area contributed by atoms with Crippen LogP contribution in [-0.4, -0.2) is 28.3 Å². The number of nitrogens with one attached hydrogen (secondary N) is 1. The van der Waals surface area contributed by atoms with Crippen molar-refractivity contribution in [2.24, 2.45) is 0 Å². The fourth-order valence-corrected chi connectivity index (χ4v) is 3.31. The number of aromatic nitrogens is 3. The van der Waals surface area contributed by atoms with E-state index in [1.807, 2.05) is 24.4 Å². The summed E-state index contributed by atoms with van der Waals surface area (Å²) in [6.07, 6.45) is 4.19. The van der Waals surface area contributed by atoms with Crippen LogP contribution in [-0.2, 0) is 4.74 Å². The van der Waals surface area contributed by atoms with Crippen molar-refractivity contribution in [3.05, 3.63) is 46.2 Å². The van der Waals surface area contributed by atoms with Gasteiger partial charge in [-0.2, -0.15) is 5.10 Å². The first kappa shape index (κ1) is 14.4. The molecule has 2 heterocycles. The number of halogens is 1. The van der Waals surface area contributed by atoms with E-state index in [1.54, 1.807) is 0 Å². The van der Waals surface area contributed by atoms with E-state index in [4.69, 9.17) is 4.74 Å². The Labute approximate surface area is 141 Å². The number of aromatic amines is 1. The molecule has 0 spiro atoms. The molecule has 6 heteroatoms. The lowest BCUT2D eigenvalue weighted by Crippen LogP contribution is -2.03. The predicted octanol–water partition coefficient (Wildman–Crippen LogP) is 4.05. The summed E-state index contributed by atoms with van der Waals surface area (Å²) in [7, 11) is 1.37. The third-order valence-electron chi connectivity index (χ3n) is 4.13. The maximum atomic E-state index is 12.1. The van der Waals surface area contributed by atoms with Crippen LogP contribution in [0.1, 0.15) is 34.8 Å². The van der Waals surface area contributed by atoms with Gasteiger partial charge in [0.25, 0.3) is 0 Å². The van der Waals surface area contributed by atoms with E-state index in [2.05, 4.69) is 37.2 Å². The monoisotopic (exact) mass is 371 g/mol. The fraction of sp³-hybridized carbons (Fsp3) is 0.235. The molecule has 1 saturated carbocycles. The lowest BCUT2D eigenvalue weighted by molar-refractivity contribution is 0.0596. The van der Waals surface area contributed by atoms with Crippen LogP contribution in [0.15, 0.2) is 34.9 Å². The van der Waals surface area contributed by atoms with E-state index in [-0.39, 0.29) is 0 Å². The van der Waals surface area contributed by atoms with E-state index in [1.165, 1.54) is 12.7 Å². The van der Waals surface area contributed by atoms with Crippen molar-refractivity contribution in [1.82, 2.24) is 15.2 Å². The minimum absolute atomic E-state index is 0.354. The predicted molar refractivity (Wildman–Crippen MR) is 90.3 cm³/mol. The Morgan fingerprint density at radius 3 is 2.91 bits per heavy atom. The van der Waals surface area contributed by atoms with Gasteiger partial charge in [-0.3, -0.25) is 5.10 Å². The molecule has 4 rings (SSSR count). The molecule has 5 nitrogen and oxygen atoms in total. The number of pyridine rings is 1. The second-order valence-electron chi connectivity index (χ2n) is 5.66. The Hall–Kier alpha value is -2.21. The first-order valence-electron chi connectivity index (χ1n) is 7.40. The Kier molecular flexibility index (Phi) is 3.41. The number of H-pyrrole nitrogens is 1. The minimum atomic E-state index is -0.432. The molecule has 0 radical (unpaired) electrons. The summed E-state index contributed by atoms with van der Waals surface area (Å²) in [6.45, 7) is 0. The number of nitrogens with zero attached hydrogens (tertiary/aromatic N) is 2. The summed E-state index contributed by atoms with van der Waals surface area (Å²) in [6, 6.07) is 8.06. The number of benzene rings is 1. The third-order valence-corrected chi connectivity index (χ3v) is 4.63. The highest BCUT2D eigenvalue weighted by Gasteiger charge is 2.30. The zero-order valence-corrected chi connectivity index (χ0v) is 14.1. The van der Waals surface area contributed by atoms with Gasteiger partial charge in [-0.1, -0.05) is 28.1 Å². The van der Waals surface area contributed by atoms with Gasteiger partial charge in [0, 0.05) is 16.2 Å². The number of esters is 1. The molecule has 1 N–H and O–H groups in total. The fourth-order valence-electron chi connectivity index (χ4n) is 2.91. The summed E-state index contributed by atoms with van der Waals surface area (Å²) in [5.41, 5.74) is 4.12. The number of carbonyl (C=O) groups excluding carboxylic acids is 1. The molecule has 1 aromatic carbocycles. The van der Waals surface area contributed by atoms with E-state index in [9.17, 15) is 4.79 Å². The highest BCUT2D eigenvalue weighted by atomic mass is 79.9. The summed E-state index contributed by atoms with van der Waals surface area (Å²) >= 11 is 3.52. The normalized spacial score (nSPS) is 14.2. The van der Waals surface area contributed by atoms with Crippen LogP contribution in [0.25, 0.3) is 22.2 Å². The lowest BCUT2D eigenvalue weighted by atomic mass is 9.95. The van der Waals surface area contributed by atoms with E-state index in [0.717, 1.165) is 33.8 Å². The lowest BCUT2D eigenvalue weighted by Gasteiger charge is -2.11. The molecular formula is C17H14BrN3O2. The van der Waals surface area contributed by atoms with Gasteiger partial charge in [-0.05, 0) is 42.0 Å². The molecule has 2 aromatic heterocycles. The third kappa shape index (κ3) is 2.43. The second-order valence-corrected chi connectivity index (χ2v) is 6.58. The molecular weight excluding hydrogens is 358 g/mol. The molecule has 1 fully saturated rings. The summed E-state index contributed by atoms with van der Waals surface area (Å²) in [4.78, 5) is 16.5. The van der Waals surface area contributed by atoms with Crippen molar-refractivity contribution in [2.45, 2.75) is 18.8 Å². The van der Waals surface area contributed by atoms with Gasteiger partial charge < -0.3 is 4.74 Å². The number of ether oxygens (including phenoxy) is 1. The maximum Gasteiger partial charge on any atom is 0.356 e. The number of fused-ring (bicyclic) bond motifs is 1. The highest BCUT2D eigenvalue weighted by molar-refractivity contribution is 9.10. The van der Waals surface area contributed by atoms with Crippen LogP contribution < -0.4 is 0 Å². The van der Waals surface area contributed by atoms with Crippen LogP contribution in [0.3, 0.4) is 0 Å². The largest absolute Gasteiger partial charge is 0.464 e. The van der Waals surface area contributed by atoms with Gasteiger partial charge in [-0.25, -0.2) is 9.78 Å². The van der Waals surface area contributed by atoms with Gasteiger partial charge in [-0.15, -0.1) is 0 Å². The molecule has 0 atom stereocenters. The Morgan fingerprint density at radius 1 is 1.39 bits per heavy atom. The number of rotatable bonds is 3. The molecule has 0 aliphatic heterocycles. The second kappa shape index (κ2) is 5.45. The standard InChI is InChI=1S/C17H14BrN3O2/c1-23-17(22)15-14-13(10-3-2-4-11(18)7-10)12(9-5-6-9)8-19-16(14)21-20-15/h2-4,7-9H,5-6H2,1H3,(H,19,20,21). The molecule has 0 saturated heterocycles. The smallest absolute Gasteiger partial charge is 0.356 e. The SMILES string of the molecule is COC(=O)c1[nH]nc2ncc(C3CC3)c(-c3cccc(Br)c3)c12. The molecule has 23 heavy (non-hydrogen) atoms. The minimum Gasteiger partial charge on any atom is -0.464 e. The van der Waals surface area contributed by atoms with Crippen LogP contribution in [0, 0.1) is 0 Å². The van der Waals surface area contributed by atoms with Gasteiger partial charge in [0.05, 0.1) is 12.5 Å². The molecule has 1 aliphatic carbocycles. The van der Waals surface area contributed by atoms with Crippen LogP contribution in [0.4, 0.5) is 0 Å². The Balaban J connectivity index is 2.07. The number of hydrogen-bond acceptors (Lipinski definition) is 4. The van der Waals surface area contributed by atoms with Gasteiger partial charge in [0.1, 0.15) is 0 Å². The van der Waals surface area contributed by atoms with Crippen LogP contribution >= 0.6 is 15.9 Å². The number of methoxy groups -OCH3 is 1. The first-order chi connectivity index (χ1) is 11.2. The summed E-state index contributed by atoms with van der Waals surface area (Å²) < 4.78 is 5.88. The van der Waals surface area contributed by atoms with Gasteiger partial charge >= 0.3 is 5.97 Å². The van der Waals surface area contributed by atoms with Crippen molar-refractivity contribution in [3.63, 3.8) is 0 Å².